The summed E-state index contributed by atoms with van der Waals surface area (Å²) in [4.78, 5) is 64.7. The normalized spacial score (nSPS) is 10.6. The molecule has 188 valence electrons. The van der Waals surface area contributed by atoms with Gasteiger partial charge in [-0.15, -0.1) is 0 Å². The van der Waals surface area contributed by atoms with Gasteiger partial charge in [0.2, 0.25) is 0 Å². The SMILES string of the molecule is COCCN(C(=O)c1cc(C(=O)OC)cc([N+](=O)[O-])c1)c1c(N)n(Cc2ccccc2)c(=O)[nH]c1=O. The van der Waals surface area contributed by atoms with E-state index in [1.807, 2.05) is 0 Å². The summed E-state index contributed by atoms with van der Waals surface area (Å²) in [5.41, 5.74) is 3.81. The number of nitro benzene ring substituents is 1. The standard InChI is InChI=1S/C23H23N5O8/c1-35-9-8-26(21(30)15-10-16(22(31)36-2)12-17(11-15)28(33)34)18-19(24)27(23(32)25-20(18)29)13-14-6-4-3-5-7-14/h3-7,10-12H,8-9,13,24H2,1-2H3,(H,25,29,32). The van der Waals surface area contributed by atoms with Crippen LogP contribution in [0, 0.1) is 10.1 Å². The molecule has 0 spiro atoms. The van der Waals surface area contributed by atoms with Crippen molar-refractivity contribution in [2.75, 3.05) is 38.0 Å². The molecule has 0 atom stereocenters. The van der Waals surface area contributed by atoms with Gasteiger partial charge < -0.3 is 15.2 Å². The largest absolute Gasteiger partial charge is 0.465 e. The van der Waals surface area contributed by atoms with Gasteiger partial charge in [-0.25, -0.2) is 9.59 Å². The van der Waals surface area contributed by atoms with Crippen molar-refractivity contribution in [3.8, 4) is 0 Å². The van der Waals surface area contributed by atoms with E-state index in [0.29, 0.717) is 5.56 Å². The van der Waals surface area contributed by atoms with E-state index < -0.39 is 33.7 Å². The number of nitrogens with one attached hydrogen (secondary N) is 1. The topological polar surface area (TPSA) is 180 Å². The van der Waals surface area contributed by atoms with Crippen LogP contribution in [-0.2, 0) is 16.0 Å². The summed E-state index contributed by atoms with van der Waals surface area (Å²) in [7, 11) is 2.46. The molecule has 36 heavy (non-hydrogen) atoms. The van der Waals surface area contributed by atoms with Crippen molar-refractivity contribution < 1.29 is 24.0 Å². The highest BCUT2D eigenvalue weighted by Crippen LogP contribution is 2.24. The van der Waals surface area contributed by atoms with Crippen LogP contribution in [-0.4, -0.2) is 53.7 Å². The zero-order valence-corrected chi connectivity index (χ0v) is 19.4. The van der Waals surface area contributed by atoms with Crippen LogP contribution in [0.4, 0.5) is 17.2 Å². The highest BCUT2D eigenvalue weighted by molar-refractivity contribution is 6.08. The number of carbonyl (C=O) groups excluding carboxylic acids is 2. The maximum atomic E-state index is 13.5. The third-order valence-electron chi connectivity index (χ3n) is 5.23. The maximum Gasteiger partial charge on any atom is 0.338 e. The van der Waals surface area contributed by atoms with E-state index in [-0.39, 0.29) is 42.3 Å². The van der Waals surface area contributed by atoms with E-state index >= 15 is 0 Å². The molecule has 0 radical (unpaired) electrons. The summed E-state index contributed by atoms with van der Waals surface area (Å²) >= 11 is 0. The van der Waals surface area contributed by atoms with Gasteiger partial charge in [-0.2, -0.15) is 0 Å². The van der Waals surface area contributed by atoms with Gasteiger partial charge in [-0.3, -0.25) is 34.2 Å². The molecule has 0 saturated carbocycles. The molecule has 0 saturated heterocycles. The lowest BCUT2D eigenvalue weighted by molar-refractivity contribution is -0.384. The van der Waals surface area contributed by atoms with Crippen molar-refractivity contribution in [2.24, 2.45) is 0 Å². The predicted octanol–water partition coefficient (Wildman–Crippen LogP) is 1.16. The minimum absolute atomic E-state index is 0.00485. The summed E-state index contributed by atoms with van der Waals surface area (Å²) in [6, 6.07) is 11.8. The number of methoxy groups -OCH3 is 2. The number of carbonyl (C=O) groups is 2. The molecule has 2 aromatic carbocycles. The first kappa shape index (κ1) is 25.8. The van der Waals surface area contributed by atoms with E-state index in [9.17, 15) is 29.3 Å². The van der Waals surface area contributed by atoms with Crippen LogP contribution in [0.1, 0.15) is 26.3 Å². The number of nitrogen functional groups attached to an aromatic ring is 1. The zero-order chi connectivity index (χ0) is 26.4. The van der Waals surface area contributed by atoms with Crippen molar-refractivity contribution in [3.63, 3.8) is 0 Å². The summed E-state index contributed by atoms with van der Waals surface area (Å²) in [6.07, 6.45) is 0. The van der Waals surface area contributed by atoms with E-state index in [0.717, 1.165) is 34.8 Å². The Kier molecular flexibility index (Phi) is 7.96. The Hall–Kier alpha value is -4.78. The van der Waals surface area contributed by atoms with Gasteiger partial charge in [0, 0.05) is 31.4 Å². The molecule has 1 amide bonds. The molecular formula is C23H23N5O8. The van der Waals surface area contributed by atoms with E-state index in [1.54, 1.807) is 30.3 Å². The number of nitrogens with two attached hydrogens (primary N) is 1. The number of ether oxygens (including phenoxy) is 2. The Morgan fingerprint density at radius 3 is 2.39 bits per heavy atom. The molecule has 13 heteroatoms. The smallest absolute Gasteiger partial charge is 0.338 e. The lowest BCUT2D eigenvalue weighted by Crippen LogP contribution is -2.42. The molecule has 1 heterocycles. The van der Waals surface area contributed by atoms with Crippen molar-refractivity contribution >= 4 is 29.1 Å². The van der Waals surface area contributed by atoms with Gasteiger partial charge in [-0.1, -0.05) is 30.3 Å². The number of hydrogen-bond acceptors (Lipinski definition) is 9. The number of aromatic amines is 1. The number of aromatic nitrogens is 2. The number of rotatable bonds is 9. The minimum Gasteiger partial charge on any atom is -0.465 e. The first-order valence-electron chi connectivity index (χ1n) is 10.5. The Morgan fingerprint density at radius 1 is 1.11 bits per heavy atom. The minimum atomic E-state index is -0.940. The number of H-pyrrole nitrogens is 1. The predicted molar refractivity (Wildman–Crippen MR) is 129 cm³/mol. The average Bonchev–Trinajstić information content (AvgIpc) is 2.87. The van der Waals surface area contributed by atoms with Crippen LogP contribution in [0.15, 0.2) is 58.1 Å². The van der Waals surface area contributed by atoms with Gasteiger partial charge >= 0.3 is 11.7 Å². The summed E-state index contributed by atoms with van der Waals surface area (Å²) in [6.45, 7) is -0.228. The molecule has 3 rings (SSSR count). The zero-order valence-electron chi connectivity index (χ0n) is 19.4. The molecular weight excluding hydrogens is 474 g/mol. The van der Waals surface area contributed by atoms with Gasteiger partial charge in [0.1, 0.15) is 5.82 Å². The Morgan fingerprint density at radius 2 is 1.78 bits per heavy atom. The number of benzene rings is 2. The second-order valence-corrected chi connectivity index (χ2v) is 7.53. The van der Waals surface area contributed by atoms with Crippen LogP contribution in [0.2, 0.25) is 0 Å². The number of hydrogen-bond donors (Lipinski definition) is 2. The van der Waals surface area contributed by atoms with Crippen LogP contribution in [0.25, 0.3) is 0 Å². The molecule has 0 bridgehead atoms. The Bertz CT molecular complexity index is 1410. The second-order valence-electron chi connectivity index (χ2n) is 7.53. The fourth-order valence-electron chi connectivity index (χ4n) is 3.49. The first-order chi connectivity index (χ1) is 17.2. The lowest BCUT2D eigenvalue weighted by Gasteiger charge is -2.24. The summed E-state index contributed by atoms with van der Waals surface area (Å²) < 4.78 is 10.8. The monoisotopic (exact) mass is 497 g/mol. The number of nitro groups is 1. The highest BCUT2D eigenvalue weighted by Gasteiger charge is 2.27. The molecule has 0 aliphatic carbocycles. The van der Waals surface area contributed by atoms with Crippen molar-refractivity contribution in [1.82, 2.24) is 9.55 Å². The lowest BCUT2D eigenvalue weighted by atomic mass is 10.1. The van der Waals surface area contributed by atoms with Crippen LogP contribution in [0.3, 0.4) is 0 Å². The van der Waals surface area contributed by atoms with Gasteiger partial charge in [0.15, 0.2) is 5.69 Å². The van der Waals surface area contributed by atoms with E-state index in [1.165, 1.54) is 7.11 Å². The molecule has 3 aromatic rings. The summed E-state index contributed by atoms with van der Waals surface area (Å²) in [5, 5.41) is 11.4. The van der Waals surface area contributed by atoms with E-state index in [4.69, 9.17) is 10.5 Å². The molecule has 0 aliphatic heterocycles. The van der Waals surface area contributed by atoms with Gasteiger partial charge in [0.25, 0.3) is 17.2 Å². The fraction of sp³-hybridized carbons (Fsp3) is 0.217. The maximum absolute atomic E-state index is 13.5. The number of amides is 1. The van der Waals surface area contributed by atoms with Crippen molar-refractivity contribution in [2.45, 2.75) is 6.54 Å². The highest BCUT2D eigenvalue weighted by atomic mass is 16.6. The molecule has 0 fully saturated rings. The molecule has 0 unspecified atom stereocenters. The van der Waals surface area contributed by atoms with Gasteiger partial charge in [0.05, 0.1) is 30.7 Å². The Balaban J connectivity index is 2.17. The quantitative estimate of drug-likeness (QED) is 0.249. The molecule has 3 N–H and O–H groups in total. The molecule has 0 aliphatic rings. The second kappa shape index (κ2) is 11.1. The van der Waals surface area contributed by atoms with Crippen molar-refractivity contribution in [1.29, 1.82) is 0 Å². The van der Waals surface area contributed by atoms with Gasteiger partial charge in [-0.05, 0) is 11.6 Å². The van der Waals surface area contributed by atoms with Crippen LogP contribution >= 0.6 is 0 Å². The average molecular weight is 497 g/mol. The van der Waals surface area contributed by atoms with Crippen molar-refractivity contribution in [3.05, 3.63) is 96.2 Å². The third kappa shape index (κ3) is 5.47. The summed E-state index contributed by atoms with van der Waals surface area (Å²) in [5.74, 6) is -2.08. The fourth-order valence-corrected chi connectivity index (χ4v) is 3.49. The third-order valence-corrected chi connectivity index (χ3v) is 5.23. The number of nitrogens with zero attached hydrogens (tertiary/aromatic N) is 3. The number of esters is 1. The first-order valence-corrected chi connectivity index (χ1v) is 10.5. The van der Waals surface area contributed by atoms with Crippen LogP contribution < -0.4 is 21.9 Å². The molecule has 13 nitrogen and oxygen atoms in total. The van der Waals surface area contributed by atoms with E-state index in [2.05, 4.69) is 9.72 Å². The number of anilines is 2. The number of non-ortho nitro benzene ring substituents is 1. The Labute approximate surface area is 203 Å². The molecule has 1 aromatic heterocycles. The van der Waals surface area contributed by atoms with Crippen LogP contribution in [0.5, 0.6) is 0 Å².